The molecule has 3 heteroatoms. The van der Waals surface area contributed by atoms with Gasteiger partial charge in [-0.1, -0.05) is 25.8 Å². The lowest BCUT2D eigenvalue weighted by Crippen LogP contribution is -2.33. The highest BCUT2D eigenvalue weighted by Gasteiger charge is 2.24. The maximum atomic E-state index is 12.3. The van der Waals surface area contributed by atoms with E-state index in [4.69, 9.17) is 0 Å². The molecule has 1 aromatic rings. The van der Waals surface area contributed by atoms with Gasteiger partial charge in [0.25, 0.3) is 5.56 Å². The Kier molecular flexibility index (Phi) is 4.79. The van der Waals surface area contributed by atoms with E-state index in [1.165, 1.54) is 49.8 Å². The molecule has 0 aromatic carbocycles. The molecule has 3 rings (SSSR count). The maximum absolute atomic E-state index is 12.3. The summed E-state index contributed by atoms with van der Waals surface area (Å²) in [7, 11) is 0. The van der Waals surface area contributed by atoms with Crippen molar-refractivity contribution >= 4 is 0 Å². The highest BCUT2D eigenvalue weighted by atomic mass is 16.1. The van der Waals surface area contributed by atoms with E-state index in [2.05, 4.69) is 22.9 Å². The molecule has 1 fully saturated rings. The zero-order valence-electron chi connectivity index (χ0n) is 13.2. The molecule has 0 bridgehead atoms. The molecule has 1 atom stereocenters. The third kappa shape index (κ3) is 3.23. The van der Waals surface area contributed by atoms with Crippen LogP contribution in [0.2, 0.25) is 0 Å². The monoisotopic (exact) mass is 288 g/mol. The topological polar surface area (TPSA) is 34.0 Å². The number of aromatic nitrogens is 1. The number of nitrogens with zero attached hydrogens (tertiary/aromatic N) is 1. The molecule has 21 heavy (non-hydrogen) atoms. The fourth-order valence-electron chi connectivity index (χ4n) is 4.04. The number of hydrogen-bond donors (Lipinski definition) is 1. The summed E-state index contributed by atoms with van der Waals surface area (Å²) in [4.78, 5) is 12.3. The van der Waals surface area contributed by atoms with Gasteiger partial charge >= 0.3 is 0 Å². The van der Waals surface area contributed by atoms with Crippen LogP contribution in [0.3, 0.4) is 0 Å². The van der Waals surface area contributed by atoms with E-state index in [0.29, 0.717) is 6.04 Å². The molecule has 2 aliphatic carbocycles. The summed E-state index contributed by atoms with van der Waals surface area (Å²) in [5.74, 6) is 0.721. The van der Waals surface area contributed by atoms with E-state index in [-0.39, 0.29) is 5.56 Å². The first kappa shape index (κ1) is 14.8. The molecule has 0 amide bonds. The SMILES string of the molecule is CCCNC1CCCc2c1ccc(=O)n2CC1CCCC1. The van der Waals surface area contributed by atoms with Crippen molar-refractivity contribution in [2.75, 3.05) is 6.54 Å². The van der Waals surface area contributed by atoms with Crippen LogP contribution in [0, 0.1) is 5.92 Å². The van der Waals surface area contributed by atoms with Crippen molar-refractivity contribution in [3.63, 3.8) is 0 Å². The molecule has 1 heterocycles. The van der Waals surface area contributed by atoms with Crippen molar-refractivity contribution in [3.05, 3.63) is 33.7 Å². The minimum absolute atomic E-state index is 0.205. The fourth-order valence-corrected chi connectivity index (χ4v) is 4.04. The number of hydrogen-bond acceptors (Lipinski definition) is 2. The van der Waals surface area contributed by atoms with Crippen LogP contribution < -0.4 is 10.9 Å². The number of rotatable bonds is 5. The molecular formula is C18H28N2O. The molecule has 1 unspecified atom stereocenters. The molecule has 116 valence electrons. The van der Waals surface area contributed by atoms with E-state index in [1.54, 1.807) is 6.07 Å². The van der Waals surface area contributed by atoms with Crippen LogP contribution in [0.25, 0.3) is 0 Å². The predicted octanol–water partition coefficient (Wildman–Crippen LogP) is 3.42. The summed E-state index contributed by atoms with van der Waals surface area (Å²) in [6.07, 6.45) is 9.92. The van der Waals surface area contributed by atoms with Crippen molar-refractivity contribution in [3.8, 4) is 0 Å². The third-order valence-corrected chi connectivity index (χ3v) is 5.17. The second kappa shape index (κ2) is 6.78. The molecule has 0 spiro atoms. The first-order valence-corrected chi connectivity index (χ1v) is 8.75. The van der Waals surface area contributed by atoms with Crippen LogP contribution in [0.1, 0.15) is 69.2 Å². The molecule has 1 aromatic heterocycles. The van der Waals surface area contributed by atoms with Crippen LogP contribution in [-0.4, -0.2) is 11.1 Å². The van der Waals surface area contributed by atoms with Crippen LogP contribution in [0.4, 0.5) is 0 Å². The Hall–Kier alpha value is -1.09. The Morgan fingerprint density at radius 1 is 1.19 bits per heavy atom. The Morgan fingerprint density at radius 3 is 2.76 bits per heavy atom. The van der Waals surface area contributed by atoms with Crippen molar-refractivity contribution in [1.82, 2.24) is 9.88 Å². The van der Waals surface area contributed by atoms with Crippen LogP contribution in [0.15, 0.2) is 16.9 Å². The van der Waals surface area contributed by atoms with Gasteiger partial charge in [0, 0.05) is 24.3 Å². The third-order valence-electron chi connectivity index (χ3n) is 5.17. The van der Waals surface area contributed by atoms with Gasteiger partial charge in [0.1, 0.15) is 0 Å². The summed E-state index contributed by atoms with van der Waals surface area (Å²) in [6.45, 7) is 4.21. The number of nitrogens with one attached hydrogen (secondary N) is 1. The molecule has 2 aliphatic rings. The molecule has 3 nitrogen and oxygen atoms in total. The molecular weight excluding hydrogens is 260 g/mol. The van der Waals surface area contributed by atoms with E-state index < -0.39 is 0 Å². The van der Waals surface area contributed by atoms with Crippen molar-refractivity contribution in [2.24, 2.45) is 5.92 Å². The Morgan fingerprint density at radius 2 is 2.00 bits per heavy atom. The van der Waals surface area contributed by atoms with Gasteiger partial charge in [-0.25, -0.2) is 0 Å². The van der Waals surface area contributed by atoms with E-state index in [9.17, 15) is 4.79 Å². The normalized spacial score (nSPS) is 22.4. The van der Waals surface area contributed by atoms with Gasteiger partial charge in [-0.3, -0.25) is 4.79 Å². The van der Waals surface area contributed by atoms with E-state index in [0.717, 1.165) is 31.8 Å². The Bertz CT molecular complexity index is 529. The lowest BCUT2D eigenvalue weighted by atomic mass is 9.90. The van der Waals surface area contributed by atoms with Gasteiger partial charge in [-0.15, -0.1) is 0 Å². The first-order valence-electron chi connectivity index (χ1n) is 8.75. The predicted molar refractivity (Wildman–Crippen MR) is 86.6 cm³/mol. The average molecular weight is 288 g/mol. The van der Waals surface area contributed by atoms with Crippen molar-refractivity contribution in [2.45, 2.75) is 70.9 Å². The fraction of sp³-hybridized carbons (Fsp3) is 0.722. The standard InChI is InChI=1S/C18H28N2O/c1-2-12-19-16-8-5-9-17-15(16)10-11-18(21)20(17)13-14-6-3-4-7-14/h10-11,14,16,19H,2-9,12-13H2,1H3. The lowest BCUT2D eigenvalue weighted by molar-refractivity contribution is 0.405. The second-order valence-electron chi connectivity index (χ2n) is 6.73. The minimum Gasteiger partial charge on any atom is -0.312 e. The van der Waals surface area contributed by atoms with Gasteiger partial charge in [0.2, 0.25) is 0 Å². The summed E-state index contributed by atoms with van der Waals surface area (Å²) >= 11 is 0. The van der Waals surface area contributed by atoms with Crippen molar-refractivity contribution < 1.29 is 0 Å². The zero-order valence-corrected chi connectivity index (χ0v) is 13.2. The van der Waals surface area contributed by atoms with Gasteiger partial charge in [-0.05, 0) is 56.6 Å². The molecule has 1 saturated carbocycles. The smallest absolute Gasteiger partial charge is 0.250 e. The lowest BCUT2D eigenvalue weighted by Gasteiger charge is -2.29. The summed E-state index contributed by atoms with van der Waals surface area (Å²) in [5.41, 5.74) is 2.90. The molecule has 0 radical (unpaired) electrons. The highest BCUT2D eigenvalue weighted by Crippen LogP contribution is 2.31. The van der Waals surface area contributed by atoms with Gasteiger partial charge in [-0.2, -0.15) is 0 Å². The Labute approximate surface area is 127 Å². The zero-order chi connectivity index (χ0) is 14.7. The van der Waals surface area contributed by atoms with Crippen LogP contribution in [-0.2, 0) is 13.0 Å². The van der Waals surface area contributed by atoms with Gasteiger partial charge in [0.15, 0.2) is 0 Å². The maximum Gasteiger partial charge on any atom is 0.250 e. The van der Waals surface area contributed by atoms with Crippen molar-refractivity contribution in [1.29, 1.82) is 0 Å². The average Bonchev–Trinajstić information content (AvgIpc) is 3.01. The van der Waals surface area contributed by atoms with Gasteiger partial charge in [0.05, 0.1) is 0 Å². The summed E-state index contributed by atoms with van der Waals surface area (Å²) in [5, 5.41) is 3.65. The summed E-state index contributed by atoms with van der Waals surface area (Å²) in [6, 6.07) is 4.32. The Balaban J connectivity index is 1.87. The highest BCUT2D eigenvalue weighted by molar-refractivity contribution is 5.27. The van der Waals surface area contributed by atoms with E-state index in [1.807, 2.05) is 0 Å². The quantitative estimate of drug-likeness (QED) is 0.901. The van der Waals surface area contributed by atoms with Crippen LogP contribution in [0.5, 0.6) is 0 Å². The molecule has 1 N–H and O–H groups in total. The van der Waals surface area contributed by atoms with Gasteiger partial charge < -0.3 is 9.88 Å². The minimum atomic E-state index is 0.205. The van der Waals surface area contributed by atoms with E-state index >= 15 is 0 Å². The first-order chi connectivity index (χ1) is 10.3. The molecule has 0 aliphatic heterocycles. The number of pyridine rings is 1. The second-order valence-corrected chi connectivity index (χ2v) is 6.73. The van der Waals surface area contributed by atoms with Crippen LogP contribution >= 0.6 is 0 Å². The molecule has 0 saturated heterocycles. The summed E-state index contributed by atoms with van der Waals surface area (Å²) < 4.78 is 2.10. The number of fused-ring (bicyclic) bond motifs is 1. The largest absolute Gasteiger partial charge is 0.312 e.